The molecule has 3 N–H and O–H groups in total. The van der Waals surface area contributed by atoms with Gasteiger partial charge in [0, 0.05) is 0 Å². The Kier molecular flexibility index (Phi) is 7.87. The van der Waals surface area contributed by atoms with Crippen LogP contribution in [0.2, 0.25) is 0 Å². The number of carboxylic acids is 1. The van der Waals surface area contributed by atoms with Crippen LogP contribution < -0.4 is 5.73 Å². The Hall–Kier alpha value is -1.10. The van der Waals surface area contributed by atoms with Gasteiger partial charge in [-0.15, -0.1) is 0 Å². The second-order valence-corrected chi connectivity index (χ2v) is 3.83. The van der Waals surface area contributed by atoms with E-state index in [1.165, 1.54) is 7.05 Å². The number of carbonyl (C=O) groups is 2. The van der Waals surface area contributed by atoms with Gasteiger partial charge in [0.2, 0.25) is 0 Å². The molecule has 0 aromatic heterocycles. The van der Waals surface area contributed by atoms with Gasteiger partial charge in [0.05, 0.1) is 0 Å². The van der Waals surface area contributed by atoms with E-state index in [1.807, 2.05) is 0 Å². The minimum atomic E-state index is -1.13. The van der Waals surface area contributed by atoms with Crippen LogP contribution in [0.25, 0.3) is 0 Å². The molecule has 5 nitrogen and oxygen atoms in total. The minimum Gasteiger partial charge on any atom is -0.481 e. The van der Waals surface area contributed by atoms with Crippen molar-refractivity contribution in [3.63, 3.8) is 0 Å². The van der Waals surface area contributed by atoms with Crippen LogP contribution in [0.1, 0.15) is 34.1 Å². The maximum atomic E-state index is 11.2. The zero-order valence-electron chi connectivity index (χ0n) is 10.0. The Balaban J connectivity index is 0. The topological polar surface area (TPSA) is 89.6 Å². The summed E-state index contributed by atoms with van der Waals surface area (Å²) >= 11 is 0. The molecule has 0 bridgehead atoms. The van der Waals surface area contributed by atoms with Crippen LogP contribution in [-0.4, -0.2) is 29.7 Å². The van der Waals surface area contributed by atoms with Crippen LogP contribution >= 0.6 is 0 Å². The minimum absolute atomic E-state index is 0.254. The van der Waals surface area contributed by atoms with Crippen molar-refractivity contribution in [3.8, 4) is 0 Å². The number of hydrogen-bond acceptors (Lipinski definition) is 4. The summed E-state index contributed by atoms with van der Waals surface area (Å²) in [5.41, 5.74) is 3.87. The molecule has 0 aromatic rings. The first-order valence-electron chi connectivity index (χ1n) is 4.81. The Morgan fingerprint density at radius 1 is 1.33 bits per heavy atom. The largest absolute Gasteiger partial charge is 0.481 e. The first kappa shape index (κ1) is 16.3. The first-order valence-corrected chi connectivity index (χ1v) is 4.81. The molecule has 0 saturated heterocycles. The Morgan fingerprint density at radius 2 is 1.73 bits per heavy atom. The van der Waals surface area contributed by atoms with Gasteiger partial charge in [-0.05, 0) is 34.2 Å². The van der Waals surface area contributed by atoms with Gasteiger partial charge in [0.15, 0.2) is 5.92 Å². The fourth-order valence-corrected chi connectivity index (χ4v) is 0.815. The molecule has 0 fully saturated rings. The zero-order chi connectivity index (χ0) is 12.6. The molecule has 0 rings (SSSR count). The van der Waals surface area contributed by atoms with E-state index in [4.69, 9.17) is 9.84 Å². The fraction of sp³-hybridized carbons (Fsp3) is 0.800. The average Bonchev–Trinajstić information content (AvgIpc) is 2.04. The molecule has 1 atom stereocenters. The van der Waals surface area contributed by atoms with Crippen LogP contribution in [0, 0.1) is 5.92 Å². The van der Waals surface area contributed by atoms with E-state index in [1.54, 1.807) is 27.7 Å². The summed E-state index contributed by atoms with van der Waals surface area (Å²) in [5, 5.41) is 8.64. The van der Waals surface area contributed by atoms with E-state index in [2.05, 4.69) is 5.73 Å². The number of hydrogen-bond donors (Lipinski definition) is 2. The van der Waals surface area contributed by atoms with Gasteiger partial charge in [-0.25, -0.2) is 0 Å². The van der Waals surface area contributed by atoms with Crippen molar-refractivity contribution < 1.29 is 19.4 Å². The number of rotatable bonds is 3. The molecule has 1 unspecified atom stereocenters. The van der Waals surface area contributed by atoms with Gasteiger partial charge in [-0.2, -0.15) is 0 Å². The van der Waals surface area contributed by atoms with Gasteiger partial charge in [0.25, 0.3) is 0 Å². The maximum Gasteiger partial charge on any atom is 0.320 e. The number of ether oxygens (including phenoxy) is 1. The third-order valence-electron chi connectivity index (χ3n) is 1.40. The van der Waals surface area contributed by atoms with E-state index in [9.17, 15) is 9.59 Å². The molecule has 0 amide bonds. The molecule has 0 heterocycles. The smallest absolute Gasteiger partial charge is 0.320 e. The van der Waals surface area contributed by atoms with Crippen LogP contribution in [0.5, 0.6) is 0 Å². The summed E-state index contributed by atoms with van der Waals surface area (Å²) in [7, 11) is 1.50. The standard InChI is InChI=1S/C9H16O4.CH5N/c1-5-6(7(10)11)8(12)13-9(2,3)4;1-2/h6H,5H2,1-4H3,(H,10,11);2H2,1H3. The van der Waals surface area contributed by atoms with Crippen molar-refractivity contribution >= 4 is 11.9 Å². The van der Waals surface area contributed by atoms with Gasteiger partial charge >= 0.3 is 11.9 Å². The van der Waals surface area contributed by atoms with Gasteiger partial charge in [-0.3, -0.25) is 9.59 Å². The first-order chi connectivity index (χ1) is 6.78. The summed E-state index contributed by atoms with van der Waals surface area (Å²) in [4.78, 5) is 21.8. The van der Waals surface area contributed by atoms with Crippen molar-refractivity contribution in [1.29, 1.82) is 0 Å². The number of carbonyl (C=O) groups excluding carboxylic acids is 1. The molecule has 0 aliphatic carbocycles. The lowest BCUT2D eigenvalue weighted by Gasteiger charge is -2.21. The SMILES string of the molecule is CCC(C(=O)O)C(=O)OC(C)(C)C.CN. The summed E-state index contributed by atoms with van der Waals surface area (Å²) in [6, 6.07) is 0. The van der Waals surface area contributed by atoms with Crippen LogP contribution in [0.15, 0.2) is 0 Å². The fourth-order valence-electron chi connectivity index (χ4n) is 0.815. The Labute approximate surface area is 90.6 Å². The molecular weight excluding hydrogens is 198 g/mol. The molecule has 0 spiro atoms. The van der Waals surface area contributed by atoms with Gasteiger partial charge in [0.1, 0.15) is 5.60 Å². The third kappa shape index (κ3) is 7.93. The normalized spacial score (nSPS) is 12.1. The highest BCUT2D eigenvalue weighted by Crippen LogP contribution is 2.13. The van der Waals surface area contributed by atoms with Gasteiger partial charge in [-0.1, -0.05) is 6.92 Å². The number of carboxylic acid groups (broad SMARTS) is 1. The number of nitrogens with two attached hydrogens (primary N) is 1. The van der Waals surface area contributed by atoms with Crippen molar-refractivity contribution in [3.05, 3.63) is 0 Å². The zero-order valence-corrected chi connectivity index (χ0v) is 10.0. The molecule has 15 heavy (non-hydrogen) atoms. The van der Waals surface area contributed by atoms with Crippen LogP contribution in [0.3, 0.4) is 0 Å². The highest BCUT2D eigenvalue weighted by atomic mass is 16.6. The average molecular weight is 219 g/mol. The van der Waals surface area contributed by atoms with Crippen LogP contribution in [-0.2, 0) is 14.3 Å². The lowest BCUT2D eigenvalue weighted by Crippen LogP contribution is -2.32. The van der Waals surface area contributed by atoms with Crippen molar-refractivity contribution in [1.82, 2.24) is 0 Å². The number of esters is 1. The van der Waals surface area contributed by atoms with E-state index in [0.29, 0.717) is 0 Å². The van der Waals surface area contributed by atoms with E-state index < -0.39 is 23.5 Å². The monoisotopic (exact) mass is 219 g/mol. The lowest BCUT2D eigenvalue weighted by atomic mass is 10.1. The molecule has 0 aromatic carbocycles. The Bertz CT molecular complexity index is 208. The van der Waals surface area contributed by atoms with Crippen molar-refractivity contribution in [2.24, 2.45) is 11.7 Å². The number of aliphatic carboxylic acids is 1. The summed E-state index contributed by atoms with van der Waals surface area (Å²) < 4.78 is 4.93. The summed E-state index contributed by atoms with van der Waals surface area (Å²) in [6.45, 7) is 6.76. The predicted octanol–water partition coefficient (Wildman–Crippen LogP) is 1.01. The second-order valence-electron chi connectivity index (χ2n) is 3.83. The molecule has 0 saturated carbocycles. The molecule has 5 heteroatoms. The highest BCUT2D eigenvalue weighted by molar-refractivity contribution is 5.93. The van der Waals surface area contributed by atoms with Crippen LogP contribution in [0.4, 0.5) is 0 Å². The van der Waals surface area contributed by atoms with Crippen molar-refractivity contribution in [2.75, 3.05) is 7.05 Å². The Morgan fingerprint density at radius 3 is 1.93 bits per heavy atom. The van der Waals surface area contributed by atoms with E-state index in [0.717, 1.165) is 0 Å². The quantitative estimate of drug-likeness (QED) is 0.546. The third-order valence-corrected chi connectivity index (χ3v) is 1.40. The van der Waals surface area contributed by atoms with Gasteiger partial charge < -0.3 is 15.6 Å². The van der Waals surface area contributed by atoms with Crippen molar-refractivity contribution in [2.45, 2.75) is 39.7 Å². The molecule has 90 valence electrons. The predicted molar refractivity (Wildman–Crippen MR) is 57.4 cm³/mol. The molecule has 0 radical (unpaired) electrons. The summed E-state index contributed by atoms with van der Waals surface area (Å²) in [6.07, 6.45) is 0.254. The lowest BCUT2D eigenvalue weighted by molar-refractivity contribution is -0.166. The second kappa shape index (κ2) is 7.23. The van der Waals surface area contributed by atoms with E-state index >= 15 is 0 Å². The van der Waals surface area contributed by atoms with E-state index in [-0.39, 0.29) is 6.42 Å². The molecule has 0 aliphatic rings. The maximum absolute atomic E-state index is 11.2. The molecular formula is C10H21NO4. The molecule has 0 aliphatic heterocycles. The summed E-state index contributed by atoms with van der Waals surface area (Å²) in [5.74, 6) is -2.83. The highest BCUT2D eigenvalue weighted by Gasteiger charge is 2.29.